The minimum atomic E-state index is -0.567. The van der Waals surface area contributed by atoms with Gasteiger partial charge in [0.25, 0.3) is 0 Å². The summed E-state index contributed by atoms with van der Waals surface area (Å²) in [6.07, 6.45) is 1.50. The number of aliphatic hydroxyl groups is 1. The van der Waals surface area contributed by atoms with Gasteiger partial charge in [0.15, 0.2) is 0 Å². The summed E-state index contributed by atoms with van der Waals surface area (Å²) in [7, 11) is 1.63. The van der Waals surface area contributed by atoms with E-state index in [9.17, 15) is 5.11 Å². The molecule has 0 amide bonds. The minimum Gasteiger partial charge on any atom is -0.497 e. The van der Waals surface area contributed by atoms with Crippen molar-refractivity contribution in [3.8, 4) is 11.4 Å². The summed E-state index contributed by atoms with van der Waals surface area (Å²) >= 11 is 0. The van der Waals surface area contributed by atoms with Gasteiger partial charge in [0.05, 0.1) is 24.6 Å². The molecule has 5 nitrogen and oxygen atoms in total. The number of para-hydroxylation sites is 1. The van der Waals surface area contributed by atoms with Crippen LogP contribution < -0.4 is 10.1 Å². The standard InChI is InChI=1S/C22H27N3O2/c1-16(2)22-18(15-25(24-22)19-7-5-4-6-8-19)13-23-14-21(26)17-9-11-20(27-3)12-10-17/h4-12,15-16,21,23,26H,13-14H2,1-3H3. The number of benzene rings is 2. The predicted molar refractivity (Wildman–Crippen MR) is 107 cm³/mol. The maximum Gasteiger partial charge on any atom is 0.118 e. The van der Waals surface area contributed by atoms with Crippen LogP contribution in [0.4, 0.5) is 0 Å². The number of nitrogens with one attached hydrogen (secondary N) is 1. The van der Waals surface area contributed by atoms with Crippen molar-refractivity contribution in [1.29, 1.82) is 0 Å². The number of ether oxygens (including phenoxy) is 1. The summed E-state index contributed by atoms with van der Waals surface area (Å²) in [6.45, 7) is 5.43. The molecular weight excluding hydrogens is 338 g/mol. The molecule has 0 aliphatic heterocycles. The lowest BCUT2D eigenvalue weighted by atomic mass is 10.1. The van der Waals surface area contributed by atoms with Crippen LogP contribution in [0.2, 0.25) is 0 Å². The van der Waals surface area contributed by atoms with Crippen LogP contribution in [0.25, 0.3) is 5.69 Å². The average Bonchev–Trinajstić information content (AvgIpc) is 3.13. The fourth-order valence-corrected chi connectivity index (χ4v) is 3.05. The van der Waals surface area contributed by atoms with Gasteiger partial charge < -0.3 is 15.2 Å². The van der Waals surface area contributed by atoms with Gasteiger partial charge in [0.1, 0.15) is 5.75 Å². The van der Waals surface area contributed by atoms with Crippen LogP contribution in [0.15, 0.2) is 60.8 Å². The first-order chi connectivity index (χ1) is 13.1. The number of methoxy groups -OCH3 is 1. The van der Waals surface area contributed by atoms with Crippen molar-refractivity contribution in [3.63, 3.8) is 0 Å². The van der Waals surface area contributed by atoms with Crippen molar-refractivity contribution in [1.82, 2.24) is 15.1 Å². The van der Waals surface area contributed by atoms with Crippen LogP contribution in [0, 0.1) is 0 Å². The first-order valence-electron chi connectivity index (χ1n) is 9.25. The Morgan fingerprint density at radius 1 is 1.07 bits per heavy atom. The Bertz CT molecular complexity index is 842. The zero-order valence-electron chi connectivity index (χ0n) is 16.1. The van der Waals surface area contributed by atoms with E-state index in [0.29, 0.717) is 19.0 Å². The molecule has 0 saturated carbocycles. The van der Waals surface area contributed by atoms with Crippen LogP contribution in [0.5, 0.6) is 5.75 Å². The zero-order valence-corrected chi connectivity index (χ0v) is 16.1. The Morgan fingerprint density at radius 2 is 1.78 bits per heavy atom. The van der Waals surface area contributed by atoms with Gasteiger partial charge in [-0.05, 0) is 35.7 Å². The Balaban J connectivity index is 1.65. The van der Waals surface area contributed by atoms with Crippen molar-refractivity contribution in [3.05, 3.63) is 77.6 Å². The monoisotopic (exact) mass is 365 g/mol. The second kappa shape index (κ2) is 8.84. The molecular formula is C22H27N3O2. The summed E-state index contributed by atoms with van der Waals surface area (Å²) in [5, 5.41) is 18.5. The molecule has 5 heteroatoms. The second-order valence-electron chi connectivity index (χ2n) is 6.89. The number of aromatic nitrogens is 2. The van der Waals surface area contributed by atoms with E-state index in [1.165, 1.54) is 0 Å². The molecule has 0 radical (unpaired) electrons. The van der Waals surface area contributed by atoms with Gasteiger partial charge in [0.2, 0.25) is 0 Å². The summed E-state index contributed by atoms with van der Waals surface area (Å²) in [5.41, 5.74) is 4.14. The SMILES string of the molecule is COc1ccc(C(O)CNCc2cn(-c3ccccc3)nc2C(C)C)cc1. The molecule has 3 rings (SSSR count). The molecule has 0 aliphatic carbocycles. The summed E-state index contributed by atoms with van der Waals surface area (Å²) < 4.78 is 7.08. The smallest absolute Gasteiger partial charge is 0.118 e. The molecule has 0 aliphatic rings. The molecule has 0 bridgehead atoms. The third kappa shape index (κ3) is 4.76. The summed E-state index contributed by atoms with van der Waals surface area (Å²) in [4.78, 5) is 0. The number of hydrogen-bond acceptors (Lipinski definition) is 4. The van der Waals surface area contributed by atoms with Gasteiger partial charge in [-0.2, -0.15) is 5.10 Å². The second-order valence-corrected chi connectivity index (χ2v) is 6.89. The molecule has 1 unspecified atom stereocenters. The third-order valence-corrected chi connectivity index (χ3v) is 4.54. The largest absolute Gasteiger partial charge is 0.497 e. The van der Waals surface area contributed by atoms with Crippen molar-refractivity contribution in [2.45, 2.75) is 32.4 Å². The van der Waals surface area contributed by atoms with Crippen molar-refractivity contribution < 1.29 is 9.84 Å². The lowest BCUT2D eigenvalue weighted by Gasteiger charge is -2.13. The normalized spacial score (nSPS) is 12.3. The highest BCUT2D eigenvalue weighted by Gasteiger charge is 2.14. The molecule has 3 aromatic rings. The summed E-state index contributed by atoms with van der Waals surface area (Å²) in [5.74, 6) is 1.12. The maximum absolute atomic E-state index is 10.4. The minimum absolute atomic E-state index is 0.332. The lowest BCUT2D eigenvalue weighted by Crippen LogP contribution is -2.21. The van der Waals surface area contributed by atoms with E-state index in [2.05, 4.69) is 25.4 Å². The van der Waals surface area contributed by atoms with Crippen molar-refractivity contribution in [2.75, 3.05) is 13.7 Å². The average molecular weight is 365 g/mol. The molecule has 1 aromatic heterocycles. The summed E-state index contributed by atoms with van der Waals surface area (Å²) in [6, 6.07) is 17.6. The molecule has 142 valence electrons. The Morgan fingerprint density at radius 3 is 2.41 bits per heavy atom. The Labute approximate surface area is 160 Å². The Kier molecular flexibility index (Phi) is 6.27. The van der Waals surface area contributed by atoms with E-state index < -0.39 is 6.10 Å². The number of rotatable bonds is 8. The van der Waals surface area contributed by atoms with E-state index in [4.69, 9.17) is 9.84 Å². The molecule has 1 atom stereocenters. The van der Waals surface area contributed by atoms with Gasteiger partial charge in [-0.15, -0.1) is 0 Å². The van der Waals surface area contributed by atoms with Crippen LogP contribution in [-0.4, -0.2) is 28.5 Å². The molecule has 0 saturated heterocycles. The first kappa shape index (κ1) is 19.1. The predicted octanol–water partition coefficient (Wildman–Crippen LogP) is 3.83. The quantitative estimate of drug-likeness (QED) is 0.637. The third-order valence-electron chi connectivity index (χ3n) is 4.54. The zero-order chi connectivity index (χ0) is 19.2. The van der Waals surface area contributed by atoms with Crippen LogP contribution in [0.3, 0.4) is 0 Å². The molecule has 0 fully saturated rings. The van der Waals surface area contributed by atoms with Crippen molar-refractivity contribution >= 4 is 0 Å². The fraction of sp³-hybridized carbons (Fsp3) is 0.318. The van der Waals surface area contributed by atoms with E-state index in [1.54, 1.807) is 7.11 Å². The van der Waals surface area contributed by atoms with Crippen LogP contribution >= 0.6 is 0 Å². The first-order valence-corrected chi connectivity index (χ1v) is 9.25. The van der Waals surface area contributed by atoms with Gasteiger partial charge >= 0.3 is 0 Å². The lowest BCUT2D eigenvalue weighted by molar-refractivity contribution is 0.174. The maximum atomic E-state index is 10.4. The molecule has 27 heavy (non-hydrogen) atoms. The van der Waals surface area contributed by atoms with E-state index in [1.807, 2.05) is 59.3 Å². The van der Waals surface area contributed by atoms with Gasteiger partial charge in [-0.1, -0.05) is 44.2 Å². The number of hydrogen-bond donors (Lipinski definition) is 2. The van der Waals surface area contributed by atoms with E-state index >= 15 is 0 Å². The number of nitrogens with zero attached hydrogens (tertiary/aromatic N) is 2. The Hall–Kier alpha value is -2.63. The van der Waals surface area contributed by atoms with Gasteiger partial charge in [0, 0.05) is 24.8 Å². The molecule has 0 spiro atoms. The molecule has 2 aromatic carbocycles. The van der Waals surface area contributed by atoms with Crippen molar-refractivity contribution in [2.24, 2.45) is 0 Å². The molecule has 1 heterocycles. The van der Waals surface area contributed by atoms with Gasteiger partial charge in [-0.3, -0.25) is 0 Å². The van der Waals surface area contributed by atoms with E-state index in [0.717, 1.165) is 28.3 Å². The topological polar surface area (TPSA) is 59.3 Å². The van der Waals surface area contributed by atoms with E-state index in [-0.39, 0.29) is 0 Å². The number of aliphatic hydroxyl groups excluding tert-OH is 1. The highest BCUT2D eigenvalue weighted by atomic mass is 16.5. The van der Waals surface area contributed by atoms with Crippen LogP contribution in [-0.2, 0) is 6.54 Å². The highest BCUT2D eigenvalue weighted by molar-refractivity contribution is 5.33. The molecule has 2 N–H and O–H groups in total. The van der Waals surface area contributed by atoms with Gasteiger partial charge in [-0.25, -0.2) is 4.68 Å². The van der Waals surface area contributed by atoms with Crippen LogP contribution in [0.1, 0.15) is 42.7 Å². The highest BCUT2D eigenvalue weighted by Crippen LogP contribution is 2.21. The fourth-order valence-electron chi connectivity index (χ4n) is 3.05.